The zero-order valence-electron chi connectivity index (χ0n) is 18.3. The number of nitrogens with one attached hydrogen (secondary N) is 1. The number of carbonyl (C=O) groups excluding carboxylic acids is 2. The maximum Gasteiger partial charge on any atom is 0.326 e. The van der Waals surface area contributed by atoms with E-state index in [1.54, 1.807) is 11.0 Å². The van der Waals surface area contributed by atoms with Crippen LogP contribution in [0.5, 0.6) is 0 Å². The zero-order chi connectivity index (χ0) is 23.7. The molecule has 4 atom stereocenters. The smallest absolute Gasteiger partial charge is 0.326 e. The van der Waals surface area contributed by atoms with Gasteiger partial charge in [-0.25, -0.2) is 4.79 Å². The van der Waals surface area contributed by atoms with Crippen LogP contribution in [-0.2, 0) is 9.59 Å². The molecule has 7 nitrogen and oxygen atoms in total. The summed E-state index contributed by atoms with van der Waals surface area (Å²) in [4.78, 5) is 39.2. The minimum Gasteiger partial charge on any atom is -0.480 e. The summed E-state index contributed by atoms with van der Waals surface area (Å²) in [7, 11) is 0. The van der Waals surface area contributed by atoms with E-state index in [-0.39, 0.29) is 46.4 Å². The number of carboxylic acids is 1. The molecule has 0 spiro atoms. The first kappa shape index (κ1) is 23.1. The molecule has 1 saturated carbocycles. The Balaban J connectivity index is 1.41. The molecule has 1 aliphatic heterocycles. The Kier molecular flexibility index (Phi) is 6.61. The fourth-order valence-corrected chi connectivity index (χ4v) is 5.39. The summed E-state index contributed by atoms with van der Waals surface area (Å²) in [5, 5.41) is 12.4. The molecule has 4 unspecified atom stereocenters. The van der Waals surface area contributed by atoms with Crippen molar-refractivity contribution in [3.63, 3.8) is 0 Å². The lowest BCUT2D eigenvalue weighted by atomic mass is 9.80. The fraction of sp³-hybridized carbons (Fsp3) is 0.400. The molecule has 4 rings (SSSR count). The van der Waals surface area contributed by atoms with Crippen molar-refractivity contribution in [3.05, 3.63) is 65.0 Å². The number of aliphatic carboxylic acids is 1. The molecule has 174 valence electrons. The second-order valence-electron chi connectivity index (χ2n) is 8.95. The first-order valence-corrected chi connectivity index (χ1v) is 11.6. The van der Waals surface area contributed by atoms with Crippen molar-refractivity contribution in [2.75, 3.05) is 5.73 Å². The molecule has 2 aliphatic carbocycles. The quantitative estimate of drug-likeness (QED) is 0.542. The molecular formula is C25H28ClN3O4. The Bertz CT molecular complexity index is 1020. The number of hydrogen-bond donors (Lipinski definition) is 3. The molecule has 0 bridgehead atoms. The van der Waals surface area contributed by atoms with Crippen LogP contribution < -0.4 is 11.1 Å². The number of carbonyl (C=O) groups is 3. The van der Waals surface area contributed by atoms with Crippen LogP contribution in [0.1, 0.15) is 48.9 Å². The van der Waals surface area contributed by atoms with E-state index in [4.69, 9.17) is 17.3 Å². The van der Waals surface area contributed by atoms with E-state index in [1.165, 1.54) is 12.1 Å². The Morgan fingerprint density at radius 1 is 1.27 bits per heavy atom. The van der Waals surface area contributed by atoms with Gasteiger partial charge in [0.05, 0.1) is 10.6 Å². The Labute approximate surface area is 198 Å². The van der Waals surface area contributed by atoms with Gasteiger partial charge >= 0.3 is 5.97 Å². The van der Waals surface area contributed by atoms with Crippen molar-refractivity contribution in [1.82, 2.24) is 10.2 Å². The predicted octanol–water partition coefficient (Wildman–Crippen LogP) is 4.12. The van der Waals surface area contributed by atoms with Gasteiger partial charge in [0.1, 0.15) is 6.04 Å². The van der Waals surface area contributed by atoms with Gasteiger partial charge in [0.25, 0.3) is 5.91 Å². The van der Waals surface area contributed by atoms with Crippen LogP contribution >= 0.6 is 11.6 Å². The number of rotatable bonds is 6. The zero-order valence-corrected chi connectivity index (χ0v) is 19.1. The number of nitrogens with two attached hydrogens (primary N) is 1. The fourth-order valence-electron chi connectivity index (χ4n) is 5.12. The molecule has 33 heavy (non-hydrogen) atoms. The topological polar surface area (TPSA) is 113 Å². The van der Waals surface area contributed by atoms with E-state index < -0.39 is 17.9 Å². The number of fused-ring (bicyclic) bond motifs is 1. The van der Waals surface area contributed by atoms with Crippen molar-refractivity contribution < 1.29 is 19.5 Å². The van der Waals surface area contributed by atoms with Gasteiger partial charge in [-0.3, -0.25) is 14.5 Å². The minimum atomic E-state index is -1.13. The number of anilines is 1. The van der Waals surface area contributed by atoms with Crippen LogP contribution in [0, 0.1) is 17.8 Å². The summed E-state index contributed by atoms with van der Waals surface area (Å²) in [6.45, 7) is 4.20. The van der Waals surface area contributed by atoms with Gasteiger partial charge < -0.3 is 16.2 Å². The summed E-state index contributed by atoms with van der Waals surface area (Å²) in [6, 6.07) is 3.58. The number of benzene rings is 1. The van der Waals surface area contributed by atoms with Crippen LogP contribution in [0.3, 0.4) is 0 Å². The van der Waals surface area contributed by atoms with E-state index in [0.717, 1.165) is 37.1 Å². The summed E-state index contributed by atoms with van der Waals surface area (Å²) in [6.07, 6.45) is 10.6. The van der Waals surface area contributed by atoms with Gasteiger partial charge in [-0.05, 0) is 49.8 Å². The normalized spacial score (nSPS) is 25.4. The van der Waals surface area contributed by atoms with Gasteiger partial charge in [-0.2, -0.15) is 0 Å². The van der Waals surface area contributed by atoms with Gasteiger partial charge in [0.15, 0.2) is 0 Å². The van der Waals surface area contributed by atoms with Crippen LogP contribution in [0.2, 0.25) is 5.02 Å². The summed E-state index contributed by atoms with van der Waals surface area (Å²) in [5.74, 6) is -1.49. The summed E-state index contributed by atoms with van der Waals surface area (Å²) in [5.41, 5.74) is 7.77. The first-order chi connectivity index (χ1) is 15.8. The van der Waals surface area contributed by atoms with Gasteiger partial charge in [-0.15, -0.1) is 0 Å². The van der Waals surface area contributed by atoms with E-state index >= 15 is 0 Å². The Morgan fingerprint density at radius 3 is 2.61 bits per heavy atom. The molecule has 0 radical (unpaired) electrons. The van der Waals surface area contributed by atoms with E-state index in [0.29, 0.717) is 6.42 Å². The lowest BCUT2D eigenvalue weighted by molar-refractivity contribution is -0.139. The third kappa shape index (κ3) is 4.55. The molecule has 2 fully saturated rings. The van der Waals surface area contributed by atoms with Crippen LogP contribution in [0.4, 0.5) is 5.69 Å². The molecule has 1 saturated heterocycles. The second kappa shape index (κ2) is 9.43. The van der Waals surface area contributed by atoms with Gasteiger partial charge in [-0.1, -0.05) is 49.2 Å². The molecular weight excluding hydrogens is 442 g/mol. The lowest BCUT2D eigenvalue weighted by Crippen LogP contribution is -2.42. The average Bonchev–Trinajstić information content (AvgIpc) is 3.04. The molecule has 1 heterocycles. The highest BCUT2D eigenvalue weighted by Gasteiger charge is 2.45. The Morgan fingerprint density at radius 2 is 2.00 bits per heavy atom. The number of allylic oxidation sites excluding steroid dienone is 4. The monoisotopic (exact) mass is 469 g/mol. The van der Waals surface area contributed by atoms with E-state index in [9.17, 15) is 19.5 Å². The molecule has 4 N–H and O–H groups in total. The third-order valence-electron chi connectivity index (χ3n) is 6.86. The number of hydrogen-bond acceptors (Lipinski definition) is 4. The minimum absolute atomic E-state index is 0.0297. The summed E-state index contributed by atoms with van der Waals surface area (Å²) < 4.78 is 0. The van der Waals surface area contributed by atoms with Crippen molar-refractivity contribution in [2.24, 2.45) is 17.8 Å². The van der Waals surface area contributed by atoms with Crippen LogP contribution in [-0.4, -0.2) is 33.8 Å². The summed E-state index contributed by atoms with van der Waals surface area (Å²) >= 11 is 6.08. The van der Waals surface area contributed by atoms with Crippen molar-refractivity contribution in [1.29, 1.82) is 0 Å². The second-order valence-corrected chi connectivity index (χ2v) is 9.36. The number of likely N-dealkylation sites (tertiary alicyclic amines) is 1. The lowest BCUT2D eigenvalue weighted by Gasteiger charge is -2.26. The maximum absolute atomic E-state index is 13.0. The molecule has 8 heteroatoms. The predicted molar refractivity (Wildman–Crippen MR) is 126 cm³/mol. The highest BCUT2D eigenvalue weighted by molar-refractivity contribution is 6.34. The standard InChI is InChI=1S/C25H28ClN3O4/c1-14-17-5-2-3-6-18(17)24(31)29(14)16-11-9-15(10-12-16)13-21(25(32)33)28-23(30)22-19(26)7-4-8-20(22)27/h4,7-9,11-12,15,17-18,21H,1-3,5-6,10,13,27H2,(H,28,30)(H,32,33). The van der Waals surface area contributed by atoms with Crippen LogP contribution in [0.15, 0.2) is 54.4 Å². The van der Waals surface area contributed by atoms with Gasteiger partial charge in [0.2, 0.25) is 5.91 Å². The van der Waals surface area contributed by atoms with E-state index in [1.807, 2.05) is 18.2 Å². The van der Waals surface area contributed by atoms with Gasteiger partial charge in [0, 0.05) is 28.9 Å². The highest BCUT2D eigenvalue weighted by Crippen LogP contribution is 2.45. The van der Waals surface area contributed by atoms with Crippen molar-refractivity contribution in [3.8, 4) is 0 Å². The van der Waals surface area contributed by atoms with Crippen molar-refractivity contribution >= 4 is 35.1 Å². The number of carboxylic acid groups (broad SMARTS) is 1. The van der Waals surface area contributed by atoms with Crippen molar-refractivity contribution in [2.45, 2.75) is 44.6 Å². The average molecular weight is 470 g/mol. The molecule has 2 amide bonds. The van der Waals surface area contributed by atoms with Crippen LogP contribution in [0.25, 0.3) is 0 Å². The third-order valence-corrected chi connectivity index (χ3v) is 7.18. The SMILES string of the molecule is C=C1C2CCCCC2C(=O)N1C1=CCC(CC(NC(=O)c2c(N)cccc2Cl)C(=O)O)C=C1. The molecule has 1 aromatic carbocycles. The first-order valence-electron chi connectivity index (χ1n) is 11.3. The Hall–Kier alpha value is -3.06. The molecule has 3 aliphatic rings. The number of amides is 2. The number of nitrogen functional groups attached to an aromatic ring is 1. The number of halogens is 1. The number of nitrogens with zero attached hydrogens (tertiary/aromatic N) is 1. The molecule has 0 aromatic heterocycles. The highest BCUT2D eigenvalue weighted by atomic mass is 35.5. The maximum atomic E-state index is 13.0. The largest absolute Gasteiger partial charge is 0.480 e. The molecule has 1 aromatic rings. The van der Waals surface area contributed by atoms with E-state index in [2.05, 4.69) is 11.9 Å².